The van der Waals surface area contributed by atoms with Crippen LogP contribution in [0.25, 0.3) is 11.4 Å². The standard InChI is InChI=1S/C21H23N5O2S/c1-2-16-9-10-17(29-16)21(27)23-13-18-24-20(25-28-18)15-7-5-14(6-8-15)19(22)26-11-3-4-12-26/h5-10,22H,2-4,11-13H2,1H3,(H,23,27). The van der Waals surface area contributed by atoms with Crippen LogP contribution in [0.1, 0.15) is 45.8 Å². The first-order valence-corrected chi connectivity index (χ1v) is 10.6. The number of aromatic nitrogens is 2. The Hall–Kier alpha value is -3.00. The smallest absolute Gasteiger partial charge is 0.261 e. The Bertz CT molecular complexity index is 1000. The van der Waals surface area contributed by atoms with Gasteiger partial charge in [0.25, 0.3) is 5.91 Å². The summed E-state index contributed by atoms with van der Waals surface area (Å²) in [6.07, 6.45) is 3.21. The second kappa shape index (κ2) is 8.57. The minimum atomic E-state index is -0.140. The minimum absolute atomic E-state index is 0.140. The van der Waals surface area contributed by atoms with Crippen LogP contribution in [0.4, 0.5) is 0 Å². The molecule has 1 aliphatic heterocycles. The van der Waals surface area contributed by atoms with Gasteiger partial charge in [0.05, 0.1) is 11.4 Å². The number of amidine groups is 1. The van der Waals surface area contributed by atoms with E-state index in [2.05, 4.69) is 27.3 Å². The highest BCUT2D eigenvalue weighted by atomic mass is 32.1. The highest BCUT2D eigenvalue weighted by Gasteiger charge is 2.17. The lowest BCUT2D eigenvalue weighted by molar-refractivity contribution is 0.0950. The van der Waals surface area contributed by atoms with Crippen LogP contribution in [0.3, 0.4) is 0 Å². The molecule has 1 amide bonds. The molecule has 0 spiro atoms. The van der Waals surface area contributed by atoms with Crippen LogP contribution in [0.15, 0.2) is 40.9 Å². The van der Waals surface area contributed by atoms with Gasteiger partial charge in [-0.2, -0.15) is 4.98 Å². The Morgan fingerprint density at radius 2 is 1.97 bits per heavy atom. The van der Waals surface area contributed by atoms with Crippen molar-refractivity contribution in [1.29, 1.82) is 5.41 Å². The Morgan fingerprint density at radius 1 is 1.21 bits per heavy atom. The largest absolute Gasteiger partial charge is 0.357 e. The van der Waals surface area contributed by atoms with Crippen LogP contribution >= 0.6 is 11.3 Å². The van der Waals surface area contributed by atoms with E-state index in [1.54, 1.807) is 0 Å². The van der Waals surface area contributed by atoms with Crippen LogP contribution in [0, 0.1) is 5.41 Å². The Labute approximate surface area is 173 Å². The molecule has 0 aliphatic carbocycles. The van der Waals surface area contributed by atoms with Crippen LogP contribution in [-0.2, 0) is 13.0 Å². The normalized spacial score (nSPS) is 13.6. The monoisotopic (exact) mass is 409 g/mol. The zero-order valence-electron chi connectivity index (χ0n) is 16.3. The van der Waals surface area contributed by atoms with E-state index in [1.807, 2.05) is 36.4 Å². The topological polar surface area (TPSA) is 95.1 Å². The summed E-state index contributed by atoms with van der Waals surface area (Å²) >= 11 is 1.49. The summed E-state index contributed by atoms with van der Waals surface area (Å²) in [5.74, 6) is 1.25. The number of carbonyl (C=O) groups excluding carboxylic acids is 1. The number of likely N-dealkylation sites (tertiary alicyclic amines) is 1. The van der Waals surface area contributed by atoms with Crippen molar-refractivity contribution in [2.45, 2.75) is 32.7 Å². The molecule has 3 aromatic rings. The van der Waals surface area contributed by atoms with E-state index in [4.69, 9.17) is 9.93 Å². The van der Waals surface area contributed by atoms with Crippen LogP contribution < -0.4 is 5.32 Å². The molecular weight excluding hydrogens is 386 g/mol. The number of nitrogens with one attached hydrogen (secondary N) is 2. The highest BCUT2D eigenvalue weighted by Crippen LogP contribution is 2.20. The van der Waals surface area contributed by atoms with Gasteiger partial charge in [0.2, 0.25) is 11.7 Å². The second-order valence-corrected chi connectivity index (χ2v) is 8.10. The molecular formula is C21H23N5O2S. The molecule has 29 heavy (non-hydrogen) atoms. The number of hydrogen-bond acceptors (Lipinski definition) is 6. The summed E-state index contributed by atoms with van der Waals surface area (Å²) in [6.45, 7) is 4.15. The first kappa shape index (κ1) is 19.3. The maximum Gasteiger partial charge on any atom is 0.261 e. The summed E-state index contributed by atoms with van der Waals surface area (Å²) in [5.41, 5.74) is 1.70. The average molecular weight is 410 g/mol. The summed E-state index contributed by atoms with van der Waals surface area (Å²) in [6, 6.07) is 11.4. The third-order valence-corrected chi connectivity index (χ3v) is 6.17. The van der Waals surface area contributed by atoms with Gasteiger partial charge >= 0.3 is 0 Å². The maximum atomic E-state index is 12.2. The first-order valence-electron chi connectivity index (χ1n) is 9.78. The lowest BCUT2D eigenvalue weighted by Crippen LogP contribution is -2.27. The number of benzene rings is 1. The van der Waals surface area contributed by atoms with Crippen molar-refractivity contribution in [2.75, 3.05) is 13.1 Å². The fourth-order valence-corrected chi connectivity index (χ4v) is 4.14. The van der Waals surface area contributed by atoms with Crippen molar-refractivity contribution in [3.63, 3.8) is 0 Å². The molecule has 2 N–H and O–H groups in total. The van der Waals surface area contributed by atoms with Crippen molar-refractivity contribution >= 4 is 23.1 Å². The molecule has 7 nitrogen and oxygen atoms in total. The molecule has 1 fully saturated rings. The zero-order valence-corrected chi connectivity index (χ0v) is 17.1. The number of amides is 1. The van der Waals surface area contributed by atoms with Crippen molar-refractivity contribution in [3.05, 3.63) is 57.6 Å². The van der Waals surface area contributed by atoms with E-state index in [9.17, 15) is 4.79 Å². The predicted octanol–water partition coefficient (Wildman–Crippen LogP) is 3.71. The Balaban J connectivity index is 1.37. The van der Waals surface area contributed by atoms with Crippen molar-refractivity contribution < 1.29 is 9.32 Å². The van der Waals surface area contributed by atoms with Crippen LogP contribution in [0.2, 0.25) is 0 Å². The first-order chi connectivity index (χ1) is 14.1. The predicted molar refractivity (Wildman–Crippen MR) is 112 cm³/mol. The number of nitrogens with zero attached hydrogens (tertiary/aromatic N) is 3. The molecule has 8 heteroatoms. The van der Waals surface area contributed by atoms with Gasteiger partial charge in [-0.25, -0.2) is 0 Å². The van der Waals surface area contributed by atoms with Crippen molar-refractivity contribution in [1.82, 2.24) is 20.4 Å². The van der Waals surface area contributed by atoms with E-state index in [-0.39, 0.29) is 12.5 Å². The van der Waals surface area contributed by atoms with E-state index in [0.29, 0.717) is 22.4 Å². The van der Waals surface area contributed by atoms with Gasteiger partial charge < -0.3 is 14.7 Å². The summed E-state index contributed by atoms with van der Waals surface area (Å²) in [4.78, 5) is 20.5. The number of aryl methyl sites for hydroxylation is 1. The van der Waals surface area contributed by atoms with Gasteiger partial charge in [0.15, 0.2) is 0 Å². The molecule has 1 aromatic carbocycles. The van der Waals surface area contributed by atoms with Gasteiger partial charge in [-0.15, -0.1) is 11.3 Å². The number of carbonyl (C=O) groups is 1. The van der Waals surface area contributed by atoms with Crippen LogP contribution in [0.5, 0.6) is 0 Å². The molecule has 150 valence electrons. The van der Waals surface area contributed by atoms with Gasteiger partial charge in [0, 0.05) is 29.1 Å². The van der Waals surface area contributed by atoms with Gasteiger partial charge in [0.1, 0.15) is 5.84 Å². The quantitative estimate of drug-likeness (QED) is 0.478. The summed E-state index contributed by atoms with van der Waals surface area (Å²) in [7, 11) is 0. The molecule has 4 rings (SSSR count). The molecule has 2 aromatic heterocycles. The van der Waals surface area contributed by atoms with Gasteiger partial charge in [-0.05, 0) is 31.4 Å². The lowest BCUT2D eigenvalue weighted by Gasteiger charge is -2.18. The van der Waals surface area contributed by atoms with E-state index in [0.717, 1.165) is 43.5 Å². The molecule has 3 heterocycles. The molecule has 0 unspecified atom stereocenters. The van der Waals surface area contributed by atoms with E-state index < -0.39 is 0 Å². The SMILES string of the molecule is CCc1ccc(C(=O)NCc2nc(-c3ccc(C(=N)N4CCCC4)cc3)no2)s1. The zero-order chi connectivity index (χ0) is 20.2. The molecule has 1 saturated heterocycles. The number of thiophene rings is 1. The van der Waals surface area contributed by atoms with Crippen molar-refractivity contribution in [3.8, 4) is 11.4 Å². The fourth-order valence-electron chi connectivity index (χ4n) is 3.28. The van der Waals surface area contributed by atoms with Gasteiger partial charge in [-0.1, -0.05) is 36.3 Å². The molecule has 0 radical (unpaired) electrons. The third kappa shape index (κ3) is 4.37. The average Bonchev–Trinajstić information content (AvgIpc) is 3.53. The summed E-state index contributed by atoms with van der Waals surface area (Å²) in [5, 5.41) is 15.1. The number of rotatable bonds is 6. The highest BCUT2D eigenvalue weighted by molar-refractivity contribution is 7.14. The van der Waals surface area contributed by atoms with E-state index in [1.165, 1.54) is 16.2 Å². The van der Waals surface area contributed by atoms with Crippen LogP contribution in [-0.4, -0.2) is 39.9 Å². The fraction of sp³-hybridized carbons (Fsp3) is 0.333. The maximum absolute atomic E-state index is 12.2. The van der Waals surface area contributed by atoms with Gasteiger partial charge in [-0.3, -0.25) is 10.2 Å². The molecule has 1 aliphatic rings. The lowest BCUT2D eigenvalue weighted by atomic mass is 10.1. The molecule has 0 saturated carbocycles. The van der Waals surface area contributed by atoms with E-state index >= 15 is 0 Å². The second-order valence-electron chi connectivity index (χ2n) is 6.93. The Morgan fingerprint density at radius 3 is 2.66 bits per heavy atom. The minimum Gasteiger partial charge on any atom is -0.357 e. The third-order valence-electron chi connectivity index (χ3n) is 4.94. The Kier molecular flexibility index (Phi) is 5.71. The van der Waals surface area contributed by atoms with Crippen molar-refractivity contribution in [2.24, 2.45) is 0 Å². The summed E-state index contributed by atoms with van der Waals surface area (Å²) < 4.78 is 5.27. The molecule has 0 bridgehead atoms. The molecule has 0 atom stereocenters. The number of hydrogen-bond donors (Lipinski definition) is 2.